The maximum atomic E-state index is 12.3. The Morgan fingerprint density at radius 3 is 2.96 bits per heavy atom. The van der Waals surface area contributed by atoms with Crippen LogP contribution in [0.5, 0.6) is 0 Å². The summed E-state index contributed by atoms with van der Waals surface area (Å²) in [4.78, 5) is 30.8. The monoisotopic (exact) mass is 363 g/mol. The number of aromatic amines is 1. The highest BCUT2D eigenvalue weighted by molar-refractivity contribution is 6.31. The summed E-state index contributed by atoms with van der Waals surface area (Å²) >= 11 is 6.08. The third-order valence-electron chi connectivity index (χ3n) is 4.44. The second-order valence-electron chi connectivity index (χ2n) is 6.15. The fourth-order valence-electron chi connectivity index (χ4n) is 3.13. The first-order chi connectivity index (χ1) is 12.1. The van der Waals surface area contributed by atoms with Crippen molar-refractivity contribution < 1.29 is 14.3 Å². The number of nitrogens with one attached hydrogen (secondary N) is 1. The molecule has 0 atom stereocenters. The number of rotatable bonds is 6. The van der Waals surface area contributed by atoms with Crippen LogP contribution in [0.15, 0.2) is 24.4 Å². The number of benzene rings is 1. The largest absolute Gasteiger partial charge is 0.465 e. The topological polar surface area (TPSA) is 65.6 Å². The van der Waals surface area contributed by atoms with Crippen LogP contribution in [0.3, 0.4) is 0 Å². The predicted octanol–water partition coefficient (Wildman–Crippen LogP) is 2.07. The molecule has 1 saturated heterocycles. The minimum atomic E-state index is -0.278. The van der Waals surface area contributed by atoms with Crippen molar-refractivity contribution in [1.82, 2.24) is 14.8 Å². The molecule has 1 fully saturated rings. The van der Waals surface area contributed by atoms with Gasteiger partial charge in [-0.25, -0.2) is 0 Å². The van der Waals surface area contributed by atoms with Gasteiger partial charge < -0.3 is 14.6 Å². The Labute approximate surface area is 151 Å². The number of carbonyl (C=O) groups is 2. The van der Waals surface area contributed by atoms with E-state index < -0.39 is 0 Å². The highest BCUT2D eigenvalue weighted by Crippen LogP contribution is 2.23. The van der Waals surface area contributed by atoms with Crippen molar-refractivity contribution in [3.05, 3.63) is 35.0 Å². The minimum Gasteiger partial charge on any atom is -0.465 e. The van der Waals surface area contributed by atoms with Gasteiger partial charge in [-0.1, -0.05) is 11.6 Å². The molecule has 134 valence electrons. The van der Waals surface area contributed by atoms with E-state index in [0.29, 0.717) is 31.3 Å². The second kappa shape index (κ2) is 7.89. The van der Waals surface area contributed by atoms with E-state index in [1.165, 1.54) is 0 Å². The minimum absolute atomic E-state index is 0.0495. The number of nitrogens with zero attached hydrogens (tertiary/aromatic N) is 2. The number of aromatic nitrogens is 1. The first-order valence-electron chi connectivity index (χ1n) is 8.48. The number of hydrogen-bond donors (Lipinski definition) is 1. The molecule has 2 heterocycles. The number of carbonyl (C=O) groups excluding carboxylic acids is 2. The lowest BCUT2D eigenvalue weighted by Crippen LogP contribution is -2.52. The van der Waals surface area contributed by atoms with E-state index in [4.69, 9.17) is 16.3 Å². The van der Waals surface area contributed by atoms with Crippen LogP contribution in [0.25, 0.3) is 10.9 Å². The molecule has 1 aliphatic heterocycles. The number of piperazine rings is 1. The van der Waals surface area contributed by atoms with Crippen LogP contribution >= 0.6 is 11.6 Å². The molecule has 1 N–H and O–H groups in total. The molecule has 0 saturated carbocycles. The lowest BCUT2D eigenvalue weighted by Gasteiger charge is -2.33. The molecule has 0 bridgehead atoms. The zero-order valence-electron chi connectivity index (χ0n) is 14.3. The fraction of sp³-hybridized carbons (Fsp3) is 0.444. The van der Waals surface area contributed by atoms with Gasteiger partial charge >= 0.3 is 5.97 Å². The molecule has 0 radical (unpaired) electrons. The molecule has 1 aromatic heterocycles. The third kappa shape index (κ3) is 4.32. The summed E-state index contributed by atoms with van der Waals surface area (Å²) in [5, 5.41) is 1.80. The van der Waals surface area contributed by atoms with Crippen molar-refractivity contribution in [3.8, 4) is 0 Å². The summed E-state index contributed by atoms with van der Waals surface area (Å²) in [5.74, 6) is -0.229. The van der Waals surface area contributed by atoms with Crippen molar-refractivity contribution in [1.29, 1.82) is 0 Å². The zero-order valence-corrected chi connectivity index (χ0v) is 15.0. The molecule has 0 aliphatic carbocycles. The van der Waals surface area contributed by atoms with Crippen LogP contribution in [0.2, 0.25) is 5.02 Å². The van der Waals surface area contributed by atoms with Crippen LogP contribution < -0.4 is 0 Å². The second-order valence-corrected chi connectivity index (χ2v) is 6.59. The number of amides is 1. The van der Waals surface area contributed by atoms with Crippen molar-refractivity contribution in [2.45, 2.75) is 13.3 Å². The Bertz CT molecular complexity index is 774. The van der Waals surface area contributed by atoms with Gasteiger partial charge in [0.2, 0.25) is 5.91 Å². The van der Waals surface area contributed by atoms with Gasteiger partial charge in [0.15, 0.2) is 0 Å². The van der Waals surface area contributed by atoms with Gasteiger partial charge in [-0.2, -0.15) is 0 Å². The van der Waals surface area contributed by atoms with Gasteiger partial charge in [0, 0.05) is 41.8 Å². The predicted molar refractivity (Wildman–Crippen MR) is 96.7 cm³/mol. The molecule has 6 nitrogen and oxygen atoms in total. The SMILES string of the molecule is CCOC(=O)CN1CCN(CCc2c[nH]c3ccc(Cl)cc23)C(=O)C1. The van der Waals surface area contributed by atoms with Crippen molar-refractivity contribution in [2.75, 3.05) is 39.3 Å². The van der Waals surface area contributed by atoms with E-state index >= 15 is 0 Å². The maximum absolute atomic E-state index is 12.3. The number of H-pyrrole nitrogens is 1. The Morgan fingerprint density at radius 1 is 1.36 bits per heavy atom. The van der Waals surface area contributed by atoms with E-state index in [-0.39, 0.29) is 25.0 Å². The number of halogens is 1. The standard InChI is InChI=1S/C18H22ClN3O3/c1-2-25-18(24)12-21-7-8-22(17(23)11-21)6-5-13-10-20-16-4-3-14(19)9-15(13)16/h3-4,9-10,20H,2,5-8,11-12H2,1H3. The van der Waals surface area contributed by atoms with Gasteiger partial charge in [-0.05, 0) is 37.1 Å². The molecule has 0 unspecified atom stereocenters. The number of fused-ring (bicyclic) bond motifs is 1. The van der Waals surface area contributed by atoms with E-state index in [0.717, 1.165) is 22.9 Å². The molecular formula is C18H22ClN3O3. The van der Waals surface area contributed by atoms with E-state index in [9.17, 15) is 9.59 Å². The molecule has 1 aromatic carbocycles. The molecule has 3 rings (SSSR count). The van der Waals surface area contributed by atoms with Gasteiger partial charge in [0.05, 0.1) is 19.7 Å². The molecule has 25 heavy (non-hydrogen) atoms. The van der Waals surface area contributed by atoms with Crippen LogP contribution in [-0.4, -0.2) is 66.0 Å². The smallest absolute Gasteiger partial charge is 0.320 e. The zero-order chi connectivity index (χ0) is 17.8. The summed E-state index contributed by atoms with van der Waals surface area (Å²) in [6, 6.07) is 5.76. The summed E-state index contributed by atoms with van der Waals surface area (Å²) in [6.45, 7) is 4.55. The highest BCUT2D eigenvalue weighted by atomic mass is 35.5. The van der Waals surface area contributed by atoms with Crippen LogP contribution in [0.1, 0.15) is 12.5 Å². The maximum Gasteiger partial charge on any atom is 0.320 e. The van der Waals surface area contributed by atoms with Crippen molar-refractivity contribution in [3.63, 3.8) is 0 Å². The average molecular weight is 364 g/mol. The number of ether oxygens (including phenoxy) is 1. The molecule has 1 amide bonds. The van der Waals surface area contributed by atoms with Gasteiger partial charge in [0.25, 0.3) is 0 Å². The average Bonchev–Trinajstić information content (AvgIpc) is 2.96. The van der Waals surface area contributed by atoms with Crippen molar-refractivity contribution in [2.24, 2.45) is 0 Å². The van der Waals surface area contributed by atoms with Crippen LogP contribution in [0.4, 0.5) is 0 Å². The number of esters is 1. The summed E-state index contributed by atoms with van der Waals surface area (Å²) in [6.07, 6.45) is 2.74. The summed E-state index contributed by atoms with van der Waals surface area (Å²) in [5.41, 5.74) is 2.20. The number of hydrogen-bond acceptors (Lipinski definition) is 4. The molecular weight excluding hydrogens is 342 g/mol. The Balaban J connectivity index is 1.55. The highest BCUT2D eigenvalue weighted by Gasteiger charge is 2.25. The van der Waals surface area contributed by atoms with Crippen LogP contribution in [0, 0.1) is 0 Å². The van der Waals surface area contributed by atoms with Gasteiger partial charge in [-0.3, -0.25) is 14.5 Å². The van der Waals surface area contributed by atoms with Crippen molar-refractivity contribution >= 4 is 34.4 Å². The fourth-order valence-corrected chi connectivity index (χ4v) is 3.30. The molecule has 0 spiro atoms. The lowest BCUT2D eigenvalue weighted by molar-refractivity contribution is -0.146. The van der Waals surface area contributed by atoms with Crippen LogP contribution in [-0.2, 0) is 20.7 Å². The Hall–Kier alpha value is -2.05. The summed E-state index contributed by atoms with van der Waals surface area (Å²) in [7, 11) is 0. The van der Waals surface area contributed by atoms with E-state index in [2.05, 4.69) is 4.98 Å². The van der Waals surface area contributed by atoms with E-state index in [1.54, 1.807) is 6.92 Å². The molecule has 2 aromatic rings. The summed E-state index contributed by atoms with van der Waals surface area (Å²) < 4.78 is 4.93. The third-order valence-corrected chi connectivity index (χ3v) is 4.67. The first-order valence-corrected chi connectivity index (χ1v) is 8.86. The molecule has 7 heteroatoms. The molecule has 1 aliphatic rings. The quantitative estimate of drug-likeness (QED) is 0.798. The lowest BCUT2D eigenvalue weighted by atomic mass is 10.1. The Kier molecular flexibility index (Phi) is 5.60. The van der Waals surface area contributed by atoms with Gasteiger partial charge in [0.1, 0.15) is 0 Å². The van der Waals surface area contributed by atoms with E-state index in [1.807, 2.05) is 34.2 Å². The first kappa shape index (κ1) is 17.8. The normalized spacial score (nSPS) is 15.8. The Morgan fingerprint density at radius 2 is 2.20 bits per heavy atom. The van der Waals surface area contributed by atoms with Gasteiger partial charge in [-0.15, -0.1) is 0 Å².